The largest absolute Gasteiger partial charge is 0.364 e. The van der Waals surface area contributed by atoms with Crippen LogP contribution in [0.1, 0.15) is 15.3 Å². The second kappa shape index (κ2) is 6.54. The van der Waals surface area contributed by atoms with Crippen molar-refractivity contribution in [1.82, 2.24) is 14.8 Å². The van der Waals surface area contributed by atoms with Crippen molar-refractivity contribution >= 4 is 17.2 Å². The molecule has 0 atom stereocenters. The maximum Gasteiger partial charge on any atom is 0.148 e. The standard InChI is InChI=1S/C16H18N4S/c1-13-2-3-15(21-13)12-18-16-7-11-20(19-16)10-6-14-4-8-17-9-5-14/h2-5,7-9,11H,6,10,12H2,1H3,(H,18,19). The van der Waals surface area contributed by atoms with E-state index in [1.165, 1.54) is 15.3 Å². The lowest BCUT2D eigenvalue weighted by Crippen LogP contribution is -2.04. The zero-order valence-electron chi connectivity index (χ0n) is 12.0. The van der Waals surface area contributed by atoms with E-state index in [0.717, 1.165) is 25.3 Å². The molecule has 0 saturated heterocycles. The summed E-state index contributed by atoms with van der Waals surface area (Å²) in [4.78, 5) is 6.70. The quantitative estimate of drug-likeness (QED) is 0.757. The SMILES string of the molecule is Cc1ccc(CNc2ccn(CCc3ccncc3)n2)s1. The van der Waals surface area contributed by atoms with Gasteiger partial charge in [0.2, 0.25) is 0 Å². The lowest BCUT2D eigenvalue weighted by Gasteiger charge is -2.02. The van der Waals surface area contributed by atoms with Gasteiger partial charge in [-0.25, -0.2) is 0 Å². The maximum absolute atomic E-state index is 4.54. The summed E-state index contributed by atoms with van der Waals surface area (Å²) in [5.74, 6) is 0.927. The second-order valence-corrected chi connectivity index (χ2v) is 6.31. The fraction of sp³-hybridized carbons (Fsp3) is 0.250. The van der Waals surface area contributed by atoms with Crippen molar-refractivity contribution in [1.29, 1.82) is 0 Å². The maximum atomic E-state index is 4.54. The molecule has 0 aromatic carbocycles. The van der Waals surface area contributed by atoms with E-state index in [1.807, 2.05) is 52.8 Å². The molecule has 0 aliphatic carbocycles. The molecule has 0 aliphatic rings. The van der Waals surface area contributed by atoms with Gasteiger partial charge in [0.15, 0.2) is 0 Å². The number of aryl methyl sites for hydroxylation is 3. The number of hydrogen-bond donors (Lipinski definition) is 1. The Bertz CT molecular complexity index is 687. The van der Waals surface area contributed by atoms with Crippen LogP contribution < -0.4 is 5.32 Å². The molecule has 0 amide bonds. The molecule has 3 aromatic heterocycles. The van der Waals surface area contributed by atoms with Gasteiger partial charge >= 0.3 is 0 Å². The van der Waals surface area contributed by atoms with Crippen LogP contribution in [0.25, 0.3) is 0 Å². The Kier molecular flexibility index (Phi) is 4.31. The molecule has 0 spiro atoms. The lowest BCUT2D eigenvalue weighted by molar-refractivity contribution is 0.616. The van der Waals surface area contributed by atoms with E-state index in [1.54, 1.807) is 0 Å². The molecule has 0 unspecified atom stereocenters. The van der Waals surface area contributed by atoms with Crippen molar-refractivity contribution in [2.75, 3.05) is 5.32 Å². The number of anilines is 1. The summed E-state index contributed by atoms with van der Waals surface area (Å²) in [6.45, 7) is 3.84. The lowest BCUT2D eigenvalue weighted by atomic mass is 10.2. The van der Waals surface area contributed by atoms with Crippen molar-refractivity contribution in [3.63, 3.8) is 0 Å². The third kappa shape index (κ3) is 3.92. The highest BCUT2D eigenvalue weighted by Crippen LogP contribution is 2.16. The Hall–Kier alpha value is -2.14. The highest BCUT2D eigenvalue weighted by atomic mass is 32.1. The van der Waals surface area contributed by atoms with Crippen LogP contribution in [0.4, 0.5) is 5.82 Å². The van der Waals surface area contributed by atoms with Gasteiger partial charge in [-0.15, -0.1) is 11.3 Å². The Morgan fingerprint density at radius 1 is 1.14 bits per heavy atom. The minimum Gasteiger partial charge on any atom is -0.364 e. The molecule has 3 aromatic rings. The fourth-order valence-electron chi connectivity index (χ4n) is 2.13. The van der Waals surface area contributed by atoms with Crippen LogP contribution in [0, 0.1) is 6.92 Å². The van der Waals surface area contributed by atoms with Crippen LogP contribution >= 0.6 is 11.3 Å². The van der Waals surface area contributed by atoms with E-state index in [9.17, 15) is 0 Å². The predicted octanol–water partition coefficient (Wildman–Crippen LogP) is 3.50. The van der Waals surface area contributed by atoms with E-state index in [-0.39, 0.29) is 0 Å². The summed E-state index contributed by atoms with van der Waals surface area (Å²) in [5, 5.41) is 7.90. The summed E-state index contributed by atoms with van der Waals surface area (Å²) in [7, 11) is 0. The van der Waals surface area contributed by atoms with Crippen molar-refractivity contribution < 1.29 is 0 Å². The molecule has 4 nitrogen and oxygen atoms in total. The van der Waals surface area contributed by atoms with E-state index in [4.69, 9.17) is 0 Å². The summed E-state index contributed by atoms with van der Waals surface area (Å²) in [6, 6.07) is 10.4. The normalized spacial score (nSPS) is 10.7. The Morgan fingerprint density at radius 3 is 2.76 bits per heavy atom. The minimum atomic E-state index is 0.833. The van der Waals surface area contributed by atoms with Gasteiger partial charge in [-0.1, -0.05) is 0 Å². The van der Waals surface area contributed by atoms with E-state index < -0.39 is 0 Å². The van der Waals surface area contributed by atoms with Crippen molar-refractivity contribution in [3.8, 4) is 0 Å². The van der Waals surface area contributed by atoms with E-state index >= 15 is 0 Å². The smallest absolute Gasteiger partial charge is 0.148 e. The van der Waals surface area contributed by atoms with Gasteiger partial charge in [0.1, 0.15) is 5.82 Å². The van der Waals surface area contributed by atoms with Gasteiger partial charge < -0.3 is 5.32 Å². The first kappa shape index (κ1) is 13.8. The Morgan fingerprint density at radius 2 is 2.00 bits per heavy atom. The van der Waals surface area contributed by atoms with Gasteiger partial charge in [-0.3, -0.25) is 9.67 Å². The first-order valence-corrected chi connectivity index (χ1v) is 7.83. The monoisotopic (exact) mass is 298 g/mol. The van der Waals surface area contributed by atoms with Gasteiger partial charge in [0.25, 0.3) is 0 Å². The van der Waals surface area contributed by atoms with Gasteiger partial charge in [0, 0.05) is 41.0 Å². The second-order valence-electron chi connectivity index (χ2n) is 4.94. The van der Waals surface area contributed by atoms with Crippen molar-refractivity contribution in [3.05, 3.63) is 64.2 Å². The van der Waals surface area contributed by atoms with Gasteiger partial charge in [-0.05, 0) is 43.2 Å². The fourth-order valence-corrected chi connectivity index (χ4v) is 2.96. The first-order chi connectivity index (χ1) is 10.3. The van der Waals surface area contributed by atoms with Crippen LogP contribution in [0.2, 0.25) is 0 Å². The van der Waals surface area contributed by atoms with Crippen LogP contribution in [0.15, 0.2) is 48.9 Å². The molecule has 5 heteroatoms. The summed E-state index contributed by atoms with van der Waals surface area (Å²) in [6.07, 6.45) is 6.64. The molecule has 0 radical (unpaired) electrons. The van der Waals surface area contributed by atoms with Crippen LogP contribution in [-0.2, 0) is 19.5 Å². The molecule has 3 heterocycles. The molecule has 1 N–H and O–H groups in total. The van der Waals surface area contributed by atoms with Crippen molar-refractivity contribution in [2.45, 2.75) is 26.4 Å². The molecule has 0 saturated carbocycles. The summed E-state index contributed by atoms with van der Waals surface area (Å²) < 4.78 is 1.97. The number of aromatic nitrogens is 3. The molecule has 0 aliphatic heterocycles. The number of nitrogens with one attached hydrogen (secondary N) is 1. The highest BCUT2D eigenvalue weighted by Gasteiger charge is 2.01. The molecule has 108 valence electrons. The number of hydrogen-bond acceptors (Lipinski definition) is 4. The van der Waals surface area contributed by atoms with Crippen LogP contribution in [0.3, 0.4) is 0 Å². The van der Waals surface area contributed by atoms with E-state index in [0.29, 0.717) is 0 Å². The van der Waals surface area contributed by atoms with Crippen molar-refractivity contribution in [2.24, 2.45) is 0 Å². The molecule has 21 heavy (non-hydrogen) atoms. The topological polar surface area (TPSA) is 42.7 Å². The molecular weight excluding hydrogens is 280 g/mol. The number of rotatable bonds is 6. The Balaban J connectivity index is 1.51. The summed E-state index contributed by atoms with van der Waals surface area (Å²) in [5.41, 5.74) is 1.28. The van der Waals surface area contributed by atoms with Crippen LogP contribution in [0.5, 0.6) is 0 Å². The first-order valence-electron chi connectivity index (χ1n) is 7.01. The highest BCUT2D eigenvalue weighted by molar-refractivity contribution is 7.11. The molecular formula is C16H18N4S. The third-order valence-electron chi connectivity index (χ3n) is 3.26. The minimum absolute atomic E-state index is 0.833. The average Bonchev–Trinajstić information content (AvgIpc) is 3.13. The average molecular weight is 298 g/mol. The van der Waals surface area contributed by atoms with Gasteiger partial charge in [-0.2, -0.15) is 5.10 Å². The zero-order valence-corrected chi connectivity index (χ0v) is 12.8. The van der Waals surface area contributed by atoms with Crippen LogP contribution in [-0.4, -0.2) is 14.8 Å². The third-order valence-corrected chi connectivity index (χ3v) is 4.26. The Labute approximate surface area is 128 Å². The van der Waals surface area contributed by atoms with Gasteiger partial charge in [0.05, 0.1) is 6.54 Å². The molecule has 0 bridgehead atoms. The number of pyridine rings is 1. The summed E-state index contributed by atoms with van der Waals surface area (Å²) >= 11 is 1.82. The molecule has 3 rings (SSSR count). The number of thiophene rings is 1. The predicted molar refractivity (Wildman–Crippen MR) is 86.6 cm³/mol. The molecule has 0 fully saturated rings. The number of nitrogens with zero attached hydrogens (tertiary/aromatic N) is 3. The van der Waals surface area contributed by atoms with E-state index in [2.05, 4.69) is 34.5 Å². The zero-order chi connectivity index (χ0) is 14.5.